The number of hydrogen-bond acceptors (Lipinski definition) is 3. The second-order valence-corrected chi connectivity index (χ2v) is 6.42. The maximum atomic E-state index is 12.0. The molecule has 0 atom stereocenters. The summed E-state index contributed by atoms with van der Waals surface area (Å²) in [7, 11) is 0. The van der Waals surface area contributed by atoms with Gasteiger partial charge >= 0.3 is 12.0 Å². The molecule has 0 spiro atoms. The van der Waals surface area contributed by atoms with E-state index < -0.39 is 11.5 Å². The molecule has 0 unspecified atom stereocenters. The van der Waals surface area contributed by atoms with Crippen molar-refractivity contribution in [1.82, 2.24) is 10.2 Å². The molecule has 0 aromatic carbocycles. The summed E-state index contributed by atoms with van der Waals surface area (Å²) in [5.74, 6) is 0.145. The third kappa shape index (κ3) is 8.75. The highest BCUT2D eigenvalue weighted by atomic mass is 32.2. The SMILES string of the molecule is CSCCCCCNC(=O)N(CC(=O)O)C(C)(C)C. The van der Waals surface area contributed by atoms with Gasteiger partial charge in [0.2, 0.25) is 0 Å². The molecule has 6 heteroatoms. The Morgan fingerprint density at radius 2 is 1.84 bits per heavy atom. The van der Waals surface area contributed by atoms with Gasteiger partial charge in [-0.2, -0.15) is 11.8 Å². The number of rotatable bonds is 8. The zero-order valence-corrected chi connectivity index (χ0v) is 13.2. The first kappa shape index (κ1) is 18.1. The van der Waals surface area contributed by atoms with Crippen LogP contribution in [0, 0.1) is 0 Å². The van der Waals surface area contributed by atoms with Gasteiger partial charge in [-0.25, -0.2) is 4.79 Å². The molecule has 0 heterocycles. The van der Waals surface area contributed by atoms with E-state index in [4.69, 9.17) is 5.11 Å². The minimum absolute atomic E-state index is 0.276. The Balaban J connectivity index is 4.09. The monoisotopic (exact) mass is 290 g/mol. The third-order valence-corrected chi connectivity index (χ3v) is 3.35. The standard InChI is InChI=1S/C13H26N2O3S/c1-13(2,3)15(10-11(16)17)12(18)14-8-6-5-7-9-19-4/h5-10H2,1-4H3,(H,14,18)(H,16,17). The highest BCUT2D eigenvalue weighted by molar-refractivity contribution is 7.98. The van der Waals surface area contributed by atoms with Crippen molar-refractivity contribution in [2.24, 2.45) is 0 Å². The van der Waals surface area contributed by atoms with Gasteiger partial charge in [0.1, 0.15) is 6.54 Å². The summed E-state index contributed by atoms with van der Waals surface area (Å²) in [5, 5.41) is 11.6. The van der Waals surface area contributed by atoms with E-state index in [2.05, 4.69) is 11.6 Å². The predicted octanol–water partition coefficient (Wildman–Crippen LogP) is 2.41. The van der Waals surface area contributed by atoms with Gasteiger partial charge in [0, 0.05) is 12.1 Å². The van der Waals surface area contributed by atoms with Gasteiger partial charge in [-0.3, -0.25) is 4.79 Å². The van der Waals surface area contributed by atoms with Crippen molar-refractivity contribution in [2.75, 3.05) is 25.1 Å². The molecule has 0 saturated heterocycles. The molecule has 0 aliphatic heterocycles. The molecule has 2 amide bonds. The van der Waals surface area contributed by atoms with Crippen LogP contribution in [0.2, 0.25) is 0 Å². The molecule has 112 valence electrons. The molecule has 2 N–H and O–H groups in total. The zero-order chi connectivity index (χ0) is 14.9. The van der Waals surface area contributed by atoms with Gasteiger partial charge in [0.05, 0.1) is 0 Å². The molecule has 5 nitrogen and oxygen atoms in total. The lowest BCUT2D eigenvalue weighted by Gasteiger charge is -2.34. The Morgan fingerprint density at radius 1 is 1.21 bits per heavy atom. The van der Waals surface area contributed by atoms with Crippen LogP contribution >= 0.6 is 11.8 Å². The first-order valence-electron chi connectivity index (χ1n) is 6.55. The number of urea groups is 1. The Kier molecular flexibility index (Phi) is 8.63. The Morgan fingerprint density at radius 3 is 2.32 bits per heavy atom. The van der Waals surface area contributed by atoms with Crippen molar-refractivity contribution in [1.29, 1.82) is 0 Å². The van der Waals surface area contributed by atoms with Crippen molar-refractivity contribution < 1.29 is 14.7 Å². The predicted molar refractivity (Wildman–Crippen MR) is 79.7 cm³/mol. The average Bonchev–Trinajstić information content (AvgIpc) is 2.28. The molecule has 0 radical (unpaired) electrons. The molecule has 0 aliphatic carbocycles. The van der Waals surface area contributed by atoms with Gasteiger partial charge in [-0.05, 0) is 45.6 Å². The van der Waals surface area contributed by atoms with Crippen LogP contribution in [0.5, 0.6) is 0 Å². The molecular weight excluding hydrogens is 264 g/mol. The van der Waals surface area contributed by atoms with E-state index in [0.29, 0.717) is 6.54 Å². The number of aliphatic carboxylic acids is 1. The summed E-state index contributed by atoms with van der Waals surface area (Å²) in [6, 6.07) is -0.306. The summed E-state index contributed by atoms with van der Waals surface area (Å²) in [5.41, 5.74) is -0.499. The van der Waals surface area contributed by atoms with E-state index in [1.165, 1.54) is 4.90 Å². The van der Waals surface area contributed by atoms with E-state index in [0.717, 1.165) is 25.0 Å². The number of carboxylic acid groups (broad SMARTS) is 1. The second-order valence-electron chi connectivity index (χ2n) is 5.44. The maximum Gasteiger partial charge on any atom is 0.323 e. The Labute approximate surface area is 120 Å². The van der Waals surface area contributed by atoms with Crippen LogP contribution in [0.25, 0.3) is 0 Å². The van der Waals surface area contributed by atoms with Gasteiger partial charge in [-0.15, -0.1) is 0 Å². The average molecular weight is 290 g/mol. The van der Waals surface area contributed by atoms with Crippen molar-refractivity contribution in [3.05, 3.63) is 0 Å². The molecule has 0 fully saturated rings. The van der Waals surface area contributed by atoms with E-state index in [1.807, 2.05) is 32.5 Å². The second kappa shape index (κ2) is 9.07. The van der Waals surface area contributed by atoms with Crippen molar-refractivity contribution in [3.8, 4) is 0 Å². The van der Waals surface area contributed by atoms with Crippen LogP contribution in [0.1, 0.15) is 40.0 Å². The van der Waals surface area contributed by atoms with E-state index >= 15 is 0 Å². The largest absolute Gasteiger partial charge is 0.480 e. The summed E-state index contributed by atoms with van der Waals surface area (Å²) >= 11 is 1.82. The lowest BCUT2D eigenvalue weighted by molar-refractivity contribution is -0.138. The van der Waals surface area contributed by atoms with Crippen molar-refractivity contribution in [2.45, 2.75) is 45.6 Å². The smallest absolute Gasteiger partial charge is 0.323 e. The first-order valence-corrected chi connectivity index (χ1v) is 7.94. The summed E-state index contributed by atoms with van der Waals surface area (Å²) in [6.45, 7) is 5.80. The van der Waals surface area contributed by atoms with Gasteiger partial charge < -0.3 is 15.3 Å². The van der Waals surface area contributed by atoms with Crippen LogP contribution < -0.4 is 5.32 Å². The van der Waals surface area contributed by atoms with Gasteiger partial charge in [0.25, 0.3) is 0 Å². The number of nitrogens with zero attached hydrogens (tertiary/aromatic N) is 1. The van der Waals surface area contributed by atoms with Crippen LogP contribution in [0.4, 0.5) is 4.79 Å². The number of amides is 2. The molecule has 0 aromatic heterocycles. The summed E-state index contributed by atoms with van der Waals surface area (Å²) in [4.78, 5) is 24.1. The van der Waals surface area contributed by atoms with Gasteiger partial charge in [-0.1, -0.05) is 6.42 Å². The lowest BCUT2D eigenvalue weighted by atomic mass is 10.1. The van der Waals surface area contributed by atoms with E-state index in [1.54, 1.807) is 0 Å². The summed E-state index contributed by atoms with van der Waals surface area (Å²) in [6.07, 6.45) is 5.23. The van der Waals surface area contributed by atoms with Crippen LogP contribution in [0.3, 0.4) is 0 Å². The number of nitrogens with one attached hydrogen (secondary N) is 1. The number of carbonyl (C=O) groups excluding carboxylic acids is 1. The fourth-order valence-electron chi connectivity index (χ4n) is 1.59. The normalized spacial score (nSPS) is 11.2. The number of carboxylic acids is 1. The number of carbonyl (C=O) groups is 2. The maximum absolute atomic E-state index is 12.0. The minimum atomic E-state index is -0.995. The number of thioether (sulfide) groups is 1. The van der Waals surface area contributed by atoms with Crippen molar-refractivity contribution >= 4 is 23.8 Å². The van der Waals surface area contributed by atoms with Crippen LogP contribution in [-0.2, 0) is 4.79 Å². The van der Waals surface area contributed by atoms with E-state index in [9.17, 15) is 9.59 Å². The number of unbranched alkanes of at least 4 members (excludes halogenated alkanes) is 2. The fourth-order valence-corrected chi connectivity index (χ4v) is 2.08. The third-order valence-electron chi connectivity index (χ3n) is 2.65. The van der Waals surface area contributed by atoms with Crippen LogP contribution in [0.15, 0.2) is 0 Å². The summed E-state index contributed by atoms with van der Waals surface area (Å²) < 4.78 is 0. The van der Waals surface area contributed by atoms with E-state index in [-0.39, 0.29) is 12.6 Å². The quantitative estimate of drug-likeness (QED) is 0.674. The molecule has 0 rings (SSSR count). The highest BCUT2D eigenvalue weighted by Gasteiger charge is 2.27. The van der Waals surface area contributed by atoms with Gasteiger partial charge in [0.15, 0.2) is 0 Å². The lowest BCUT2D eigenvalue weighted by Crippen LogP contribution is -2.52. The molecule has 0 aromatic rings. The van der Waals surface area contributed by atoms with Crippen molar-refractivity contribution in [3.63, 3.8) is 0 Å². The van der Waals surface area contributed by atoms with Crippen LogP contribution in [-0.4, -0.2) is 52.6 Å². The Hall–Kier alpha value is -0.910. The first-order chi connectivity index (χ1) is 8.79. The highest BCUT2D eigenvalue weighted by Crippen LogP contribution is 2.13. The molecule has 0 bridgehead atoms. The zero-order valence-electron chi connectivity index (χ0n) is 12.4. The molecule has 0 saturated carbocycles. The number of hydrogen-bond donors (Lipinski definition) is 2. The minimum Gasteiger partial charge on any atom is -0.480 e. The molecular formula is C13H26N2O3S. The molecule has 19 heavy (non-hydrogen) atoms. The molecule has 0 aliphatic rings. The Bertz CT molecular complexity index is 290. The topological polar surface area (TPSA) is 69.6 Å². The fraction of sp³-hybridized carbons (Fsp3) is 0.846.